The van der Waals surface area contributed by atoms with Gasteiger partial charge in [-0.05, 0) is 48.7 Å². The minimum atomic E-state index is -0.251. The number of thiocarbonyl (C=S) groups is 1. The summed E-state index contributed by atoms with van der Waals surface area (Å²) in [5.41, 5.74) is 2.05. The number of hydrogen-bond acceptors (Lipinski definition) is 4. The zero-order chi connectivity index (χ0) is 18.1. The molecule has 0 aromatic heterocycles. The van der Waals surface area contributed by atoms with Crippen LogP contribution in [0.1, 0.15) is 18.4 Å². The van der Waals surface area contributed by atoms with Gasteiger partial charge in [-0.2, -0.15) is 0 Å². The summed E-state index contributed by atoms with van der Waals surface area (Å²) in [7, 11) is 0. The van der Waals surface area contributed by atoms with Crippen molar-refractivity contribution in [3.63, 3.8) is 0 Å². The van der Waals surface area contributed by atoms with E-state index in [0.717, 1.165) is 31.6 Å². The number of amides is 1. The van der Waals surface area contributed by atoms with Crippen LogP contribution in [0.3, 0.4) is 0 Å². The van der Waals surface area contributed by atoms with Crippen molar-refractivity contribution in [3.05, 3.63) is 64.8 Å². The van der Waals surface area contributed by atoms with Crippen molar-refractivity contribution in [2.75, 3.05) is 22.9 Å². The second-order valence-corrected chi connectivity index (χ2v) is 7.93. The summed E-state index contributed by atoms with van der Waals surface area (Å²) in [6, 6.07) is 14.4. The first-order chi connectivity index (χ1) is 12.6. The summed E-state index contributed by atoms with van der Waals surface area (Å²) < 4.78 is 15.0. The summed E-state index contributed by atoms with van der Waals surface area (Å²) in [4.78, 5) is 16.8. The van der Waals surface area contributed by atoms with E-state index in [9.17, 15) is 9.18 Å². The van der Waals surface area contributed by atoms with Gasteiger partial charge in [0.25, 0.3) is 5.91 Å². The van der Waals surface area contributed by atoms with E-state index >= 15 is 0 Å². The van der Waals surface area contributed by atoms with Crippen LogP contribution in [0.2, 0.25) is 0 Å². The maximum atomic E-state index is 14.5. The highest BCUT2D eigenvalue weighted by Crippen LogP contribution is 2.36. The standard InChI is InChI=1S/C20H17FN2OS2/c21-16-12-14(8-9-17(16)22-10-4-5-11-22)13-18-19(24)23(20(25)26-18)15-6-2-1-3-7-15/h1-3,6-9,12-13H,4-5,10-11H2. The molecule has 6 heteroatoms. The molecule has 0 N–H and O–H groups in total. The third-order valence-corrected chi connectivity index (χ3v) is 5.83. The predicted octanol–water partition coefficient (Wildman–Crippen LogP) is 4.83. The van der Waals surface area contributed by atoms with E-state index in [-0.39, 0.29) is 11.7 Å². The van der Waals surface area contributed by atoms with Gasteiger partial charge in [-0.1, -0.05) is 48.2 Å². The highest BCUT2D eigenvalue weighted by Gasteiger charge is 2.33. The number of carbonyl (C=O) groups excluding carboxylic acids is 1. The van der Waals surface area contributed by atoms with Crippen molar-refractivity contribution >= 4 is 51.7 Å². The molecule has 0 radical (unpaired) electrons. The number of anilines is 2. The zero-order valence-electron chi connectivity index (χ0n) is 14.0. The fraction of sp³-hybridized carbons (Fsp3) is 0.200. The minimum Gasteiger partial charge on any atom is -0.369 e. The maximum absolute atomic E-state index is 14.5. The van der Waals surface area contributed by atoms with Crippen molar-refractivity contribution in [2.45, 2.75) is 12.8 Å². The fourth-order valence-corrected chi connectivity index (χ4v) is 4.55. The fourth-order valence-electron chi connectivity index (χ4n) is 3.25. The molecule has 0 bridgehead atoms. The third-order valence-electron chi connectivity index (χ3n) is 4.52. The van der Waals surface area contributed by atoms with Crippen molar-refractivity contribution in [1.29, 1.82) is 0 Å². The molecule has 2 aromatic carbocycles. The molecule has 1 amide bonds. The molecule has 3 nitrogen and oxygen atoms in total. The van der Waals surface area contributed by atoms with Crippen LogP contribution in [0.25, 0.3) is 6.08 Å². The molecule has 26 heavy (non-hydrogen) atoms. The Balaban J connectivity index is 1.59. The summed E-state index contributed by atoms with van der Waals surface area (Å²) >= 11 is 6.60. The van der Waals surface area contributed by atoms with Gasteiger partial charge in [0.05, 0.1) is 16.3 Å². The van der Waals surface area contributed by atoms with Crippen molar-refractivity contribution in [2.24, 2.45) is 0 Å². The first-order valence-corrected chi connectivity index (χ1v) is 9.73. The number of thioether (sulfide) groups is 1. The average Bonchev–Trinajstić information content (AvgIpc) is 3.25. The highest BCUT2D eigenvalue weighted by molar-refractivity contribution is 8.27. The maximum Gasteiger partial charge on any atom is 0.270 e. The Morgan fingerprint density at radius 2 is 1.81 bits per heavy atom. The molecule has 2 saturated heterocycles. The van der Waals surface area contributed by atoms with E-state index < -0.39 is 0 Å². The summed E-state index contributed by atoms with van der Waals surface area (Å²) in [6.45, 7) is 1.79. The minimum absolute atomic E-state index is 0.171. The van der Waals surface area contributed by atoms with Gasteiger partial charge in [0, 0.05) is 13.1 Å². The molecule has 2 aliphatic rings. The number of rotatable bonds is 3. The van der Waals surface area contributed by atoms with Crippen LogP contribution in [-0.4, -0.2) is 23.3 Å². The van der Waals surface area contributed by atoms with Gasteiger partial charge in [-0.25, -0.2) is 4.39 Å². The Labute approximate surface area is 161 Å². The van der Waals surface area contributed by atoms with E-state index in [4.69, 9.17) is 12.2 Å². The molecule has 2 aromatic rings. The van der Waals surface area contributed by atoms with Crippen LogP contribution in [-0.2, 0) is 4.79 Å². The van der Waals surface area contributed by atoms with Gasteiger partial charge in [-0.15, -0.1) is 0 Å². The van der Waals surface area contributed by atoms with Crippen molar-refractivity contribution in [1.82, 2.24) is 0 Å². The SMILES string of the molecule is O=C1C(=Cc2ccc(N3CCCC3)c(F)c2)SC(=S)N1c1ccccc1. The van der Waals surface area contributed by atoms with Gasteiger partial charge in [-0.3, -0.25) is 9.69 Å². The second kappa shape index (κ2) is 7.21. The topological polar surface area (TPSA) is 23.6 Å². The lowest BCUT2D eigenvalue weighted by Crippen LogP contribution is -2.27. The second-order valence-electron chi connectivity index (χ2n) is 6.26. The van der Waals surface area contributed by atoms with Crippen molar-refractivity contribution in [3.8, 4) is 0 Å². The number of benzene rings is 2. The van der Waals surface area contributed by atoms with Crippen LogP contribution < -0.4 is 9.80 Å². The molecule has 0 aliphatic carbocycles. The van der Waals surface area contributed by atoms with Crippen LogP contribution in [0.5, 0.6) is 0 Å². The predicted molar refractivity (Wildman–Crippen MR) is 110 cm³/mol. The van der Waals surface area contributed by atoms with Gasteiger partial charge in [0.15, 0.2) is 4.32 Å². The third kappa shape index (κ3) is 3.27. The number of hydrogen-bond donors (Lipinski definition) is 0. The van der Waals surface area contributed by atoms with Crippen molar-refractivity contribution < 1.29 is 9.18 Å². The zero-order valence-corrected chi connectivity index (χ0v) is 15.7. The largest absolute Gasteiger partial charge is 0.369 e. The highest BCUT2D eigenvalue weighted by atomic mass is 32.2. The van der Waals surface area contributed by atoms with E-state index in [0.29, 0.717) is 20.5 Å². The average molecular weight is 385 g/mol. The Kier molecular flexibility index (Phi) is 4.78. The molecule has 2 fully saturated rings. The first-order valence-electron chi connectivity index (χ1n) is 8.51. The normalized spacial score (nSPS) is 19.0. The first kappa shape index (κ1) is 17.2. The Bertz CT molecular complexity index is 892. The number of carbonyl (C=O) groups is 1. The Morgan fingerprint density at radius 3 is 2.50 bits per heavy atom. The molecule has 0 spiro atoms. The van der Waals surface area contributed by atoms with Gasteiger partial charge in [0.2, 0.25) is 0 Å². The molecular weight excluding hydrogens is 367 g/mol. The molecule has 2 aliphatic heterocycles. The summed E-state index contributed by atoms with van der Waals surface area (Å²) in [5.74, 6) is -0.422. The van der Waals surface area contributed by atoms with Crippen LogP contribution >= 0.6 is 24.0 Å². The van der Waals surface area contributed by atoms with Gasteiger partial charge in [0.1, 0.15) is 5.82 Å². The quantitative estimate of drug-likeness (QED) is 0.559. The van der Waals surface area contributed by atoms with E-state index in [1.165, 1.54) is 22.7 Å². The molecule has 0 unspecified atom stereocenters. The van der Waals surface area contributed by atoms with E-state index in [1.54, 1.807) is 12.1 Å². The van der Waals surface area contributed by atoms with Gasteiger partial charge >= 0.3 is 0 Å². The van der Waals surface area contributed by atoms with Crippen LogP contribution in [0.4, 0.5) is 15.8 Å². The number of halogens is 1. The Hall–Kier alpha value is -2.18. The summed E-state index contributed by atoms with van der Waals surface area (Å²) in [6.07, 6.45) is 3.91. The lowest BCUT2D eigenvalue weighted by Gasteiger charge is -2.18. The number of nitrogens with zero attached hydrogens (tertiary/aromatic N) is 2. The van der Waals surface area contributed by atoms with Gasteiger partial charge < -0.3 is 4.90 Å². The number of para-hydroxylation sites is 1. The molecule has 132 valence electrons. The molecule has 0 saturated carbocycles. The van der Waals surface area contributed by atoms with Crippen LogP contribution in [0.15, 0.2) is 53.4 Å². The monoisotopic (exact) mass is 384 g/mol. The molecule has 2 heterocycles. The lowest BCUT2D eigenvalue weighted by molar-refractivity contribution is -0.113. The van der Waals surface area contributed by atoms with Crippen LogP contribution in [0, 0.1) is 5.82 Å². The smallest absolute Gasteiger partial charge is 0.270 e. The molecule has 4 rings (SSSR count). The van der Waals surface area contributed by atoms with E-state index in [1.807, 2.05) is 36.4 Å². The summed E-state index contributed by atoms with van der Waals surface area (Å²) in [5, 5.41) is 0. The lowest BCUT2D eigenvalue weighted by atomic mass is 10.1. The Morgan fingerprint density at radius 1 is 1.08 bits per heavy atom. The van der Waals surface area contributed by atoms with E-state index in [2.05, 4.69) is 4.90 Å². The molecular formula is C20H17FN2OS2. The molecule has 0 atom stereocenters.